The first-order valence-corrected chi connectivity index (χ1v) is 54.0. The molecule has 0 aromatic heterocycles. The van der Waals surface area contributed by atoms with Crippen LogP contribution in [0.25, 0.3) is 0 Å². The summed E-state index contributed by atoms with van der Waals surface area (Å²) in [6, 6.07) is 73.0. The molecule has 612 valence electrons. The zero-order chi connectivity index (χ0) is 85.1. The summed E-state index contributed by atoms with van der Waals surface area (Å²) >= 11 is 0. The molecule has 10 aromatic rings. The van der Waals surface area contributed by atoms with Crippen LogP contribution in [0.5, 0.6) is 0 Å². The summed E-state index contributed by atoms with van der Waals surface area (Å²) in [5.74, 6) is 1.31. The number of rotatable bonds is 17. The number of aryl methyl sites for hydroxylation is 19. The quantitative estimate of drug-likeness (QED) is 0.0797. The van der Waals surface area contributed by atoms with Gasteiger partial charge in [-0.05, 0) is 264 Å². The normalized spacial score (nSPS) is 10.7. The van der Waals surface area contributed by atoms with Crippen LogP contribution in [0.4, 0.5) is 0 Å². The summed E-state index contributed by atoms with van der Waals surface area (Å²) < 4.78 is 0. The van der Waals surface area contributed by atoms with Gasteiger partial charge in [0.1, 0.15) is 0 Å². The van der Waals surface area contributed by atoms with E-state index in [1.165, 1.54) is 128 Å². The van der Waals surface area contributed by atoms with E-state index in [9.17, 15) is 0 Å². The van der Waals surface area contributed by atoms with Crippen molar-refractivity contribution in [1.29, 1.82) is 0 Å². The molecule has 0 saturated heterocycles. The van der Waals surface area contributed by atoms with Crippen LogP contribution in [-0.4, -0.2) is 24.2 Å². The maximum Gasteiger partial charge on any atom is 0.0779 e. The molecule has 10 aromatic carbocycles. The first-order valence-electron chi connectivity index (χ1n) is 43.5. The summed E-state index contributed by atoms with van der Waals surface area (Å²) in [7, 11) is -3.74. The van der Waals surface area contributed by atoms with Crippen molar-refractivity contribution in [2.45, 2.75) is 328 Å². The Morgan fingerprint density at radius 1 is 0.223 bits per heavy atom. The second-order valence-corrected chi connectivity index (χ2v) is 49.7. The van der Waals surface area contributed by atoms with Gasteiger partial charge in [0, 0.05) is 0 Å². The molecule has 0 atom stereocenters. The topological polar surface area (TPSA) is 0 Å². The summed E-state index contributed by atoms with van der Waals surface area (Å²) in [5.41, 5.74) is 34.8. The Hall–Kier alpha value is -7.15. The van der Waals surface area contributed by atoms with E-state index in [1.807, 2.05) is 0 Å². The molecule has 0 N–H and O–H groups in total. The van der Waals surface area contributed by atoms with Crippen LogP contribution >= 0.6 is 0 Å². The smallest absolute Gasteiger partial charge is 0.0656 e. The zero-order valence-corrected chi connectivity index (χ0v) is 81.7. The number of hydrogen-bond donors (Lipinski definition) is 0. The van der Waals surface area contributed by atoms with E-state index in [0.717, 1.165) is 77.0 Å². The fourth-order valence-electron chi connectivity index (χ4n) is 13.8. The highest BCUT2D eigenvalue weighted by Crippen LogP contribution is 2.22. The standard InChI is InChI=1S/C16H32Si3.C13H20.3C11H16.2C10H14.3C9H12/c1-13-15(18(5,6)7)11-14(17(2,3)4)12-16(13)19(8,9)10;1-5-11-8-12(6-2)10(4)13(7-3)9-11;1-4-10-6-9(3)7-11(5-2)8-10;1-4-10-7-6-9(3)11(5-2)8-10;1-4-10-7-6-8-11(5-2)9(10)3;1-8(2)10-6-4-5-9(3)7-10;1-8(2)10-7-5-4-6-9(10)3;1-3-9-6-4-8(2)5-7-9;1-3-9-6-4-5-8(2)7-9;1-3-9-7-5-4-6-8(9)2/h11-12H,1-10H3;8-9H,5-7H2,1-4H3;3*6-8H,4-5H2,1-3H3;2*4-8H,1-3H3;3*4-7H,3H2,1-2H3. The van der Waals surface area contributed by atoms with Gasteiger partial charge in [0.2, 0.25) is 0 Å². The minimum Gasteiger partial charge on any atom is -0.0656 e. The van der Waals surface area contributed by atoms with Gasteiger partial charge < -0.3 is 0 Å². The number of hydrogen-bond acceptors (Lipinski definition) is 0. The lowest BCUT2D eigenvalue weighted by Gasteiger charge is -2.30. The van der Waals surface area contributed by atoms with Gasteiger partial charge in [-0.1, -0.05) is 413 Å². The van der Waals surface area contributed by atoms with Crippen molar-refractivity contribution in [2.24, 2.45) is 0 Å². The molecule has 0 aliphatic rings. The van der Waals surface area contributed by atoms with Crippen molar-refractivity contribution in [3.05, 3.63) is 334 Å². The first kappa shape index (κ1) is 103. The summed E-state index contributed by atoms with van der Waals surface area (Å²) in [5, 5.41) is 5.06. The van der Waals surface area contributed by atoms with Crippen LogP contribution in [0.3, 0.4) is 0 Å². The molecule has 0 heterocycles. The Morgan fingerprint density at radius 3 is 0.938 bits per heavy atom. The Labute approximate surface area is 696 Å². The third-order valence-electron chi connectivity index (χ3n) is 21.5. The van der Waals surface area contributed by atoms with Crippen LogP contribution in [0.2, 0.25) is 58.9 Å². The van der Waals surface area contributed by atoms with Crippen LogP contribution in [0.1, 0.15) is 256 Å². The monoisotopic (exact) mass is 1560 g/mol. The van der Waals surface area contributed by atoms with E-state index < -0.39 is 24.2 Å². The van der Waals surface area contributed by atoms with Gasteiger partial charge in [0.15, 0.2) is 0 Å². The minimum absolute atomic E-state index is 0.653. The molecule has 10 rings (SSSR count). The fraction of sp³-hybridized carbons (Fsp3) is 0.450. The third kappa shape index (κ3) is 38.8. The van der Waals surface area contributed by atoms with E-state index in [-0.39, 0.29) is 0 Å². The largest absolute Gasteiger partial charge is 0.0779 e. The van der Waals surface area contributed by atoms with Crippen molar-refractivity contribution in [1.82, 2.24) is 0 Å². The van der Waals surface area contributed by atoms with Gasteiger partial charge in [0.05, 0.1) is 24.2 Å². The first-order chi connectivity index (χ1) is 52.7. The Morgan fingerprint density at radius 2 is 0.580 bits per heavy atom. The molecule has 0 aliphatic heterocycles. The van der Waals surface area contributed by atoms with Gasteiger partial charge >= 0.3 is 0 Å². The molecule has 0 amide bonds. The highest BCUT2D eigenvalue weighted by molar-refractivity contribution is 6.94. The maximum absolute atomic E-state index is 2.57. The molecule has 0 fully saturated rings. The van der Waals surface area contributed by atoms with Gasteiger partial charge in [0.25, 0.3) is 0 Å². The zero-order valence-electron chi connectivity index (χ0n) is 78.7. The molecule has 0 unspecified atom stereocenters. The predicted octanol–water partition coefficient (Wildman–Crippen LogP) is 30.6. The summed E-state index contributed by atoms with van der Waals surface area (Å²) in [6.07, 6.45) is 13.8. The Kier molecular flexibility index (Phi) is 49.4. The van der Waals surface area contributed by atoms with Gasteiger partial charge in [-0.15, -0.1) is 0 Å². The van der Waals surface area contributed by atoms with Crippen molar-refractivity contribution in [3.63, 3.8) is 0 Å². The minimum atomic E-state index is -1.25. The van der Waals surface area contributed by atoms with E-state index >= 15 is 0 Å². The lowest BCUT2D eigenvalue weighted by Crippen LogP contribution is -2.53. The summed E-state index contributed by atoms with van der Waals surface area (Å²) in [4.78, 5) is 0. The molecular formula is C109H164Si3. The van der Waals surface area contributed by atoms with Gasteiger partial charge in [-0.2, -0.15) is 0 Å². The molecule has 0 nitrogen and oxygen atoms in total. The number of benzene rings is 10. The SMILES string of the molecule is CCc1cc(C)cc(CC)c1.CCc1cc(CC)c(C)c(CC)c1.CCc1ccc(C)c(CC)c1.CCc1ccc(C)cc1.CCc1cccc(C)c1.CCc1cccc(CC)c1C.CCc1ccccc1C.Cc1c([Si](C)(C)C)cc([Si](C)(C)C)cc1[Si](C)(C)C.Cc1cccc(C(C)C)c1.Cc1ccccc1C(C)C. The average Bonchev–Trinajstić information content (AvgIpc) is 0.769. The highest BCUT2D eigenvalue weighted by atomic mass is 28.3. The third-order valence-corrected chi connectivity index (χ3v) is 27.8. The molecule has 0 bridgehead atoms. The second kappa shape index (κ2) is 53.8. The lowest BCUT2D eigenvalue weighted by molar-refractivity contribution is 0.856. The molecule has 112 heavy (non-hydrogen) atoms. The van der Waals surface area contributed by atoms with E-state index in [2.05, 4.69) is 439 Å². The van der Waals surface area contributed by atoms with E-state index in [1.54, 1.807) is 21.1 Å². The lowest BCUT2D eigenvalue weighted by atomic mass is 9.95. The second-order valence-electron chi connectivity index (χ2n) is 34.5. The average molecular weight is 1560 g/mol. The van der Waals surface area contributed by atoms with Gasteiger partial charge in [-0.25, -0.2) is 0 Å². The molecule has 0 radical (unpaired) electrons. The van der Waals surface area contributed by atoms with Gasteiger partial charge in [-0.3, -0.25) is 0 Å². The summed E-state index contributed by atoms with van der Waals surface area (Å²) in [6.45, 7) is 79.5. The van der Waals surface area contributed by atoms with Crippen molar-refractivity contribution in [3.8, 4) is 0 Å². The highest BCUT2D eigenvalue weighted by Gasteiger charge is 2.29. The van der Waals surface area contributed by atoms with Crippen molar-refractivity contribution in [2.75, 3.05) is 0 Å². The maximum atomic E-state index is 2.57. The van der Waals surface area contributed by atoms with Crippen LogP contribution in [0.15, 0.2) is 200 Å². The molecule has 0 saturated carbocycles. The van der Waals surface area contributed by atoms with Crippen LogP contribution in [-0.2, 0) is 77.0 Å². The van der Waals surface area contributed by atoms with E-state index in [4.69, 9.17) is 0 Å². The van der Waals surface area contributed by atoms with Crippen molar-refractivity contribution < 1.29 is 0 Å². The Balaban J connectivity index is 0.000000628. The van der Waals surface area contributed by atoms with Crippen molar-refractivity contribution >= 4 is 39.8 Å². The molecule has 3 heteroatoms. The molecule has 0 aliphatic carbocycles. The Bertz CT molecular complexity index is 4140. The predicted molar refractivity (Wildman–Crippen MR) is 521 cm³/mol. The van der Waals surface area contributed by atoms with Crippen LogP contribution in [0, 0.1) is 69.2 Å². The van der Waals surface area contributed by atoms with E-state index in [0.29, 0.717) is 11.8 Å². The molecular weight excluding hydrogens is 1390 g/mol. The molecule has 0 spiro atoms. The fourth-order valence-corrected chi connectivity index (χ4v) is 19.0. The van der Waals surface area contributed by atoms with Crippen LogP contribution < -0.4 is 15.6 Å².